The molecular formula is C24H23BrN4O2S. The fourth-order valence-corrected chi connectivity index (χ4v) is 4.55. The van der Waals surface area contributed by atoms with Gasteiger partial charge in [-0.1, -0.05) is 65.8 Å². The standard InChI is InChI=1S/C24H23BrN4O2S/c1-4-11-29-23(21-13-16-12-17(25)9-10-20(16)31-21)27-28-24(29)32-14-22(30)26-19-8-6-5-7-18(19)15(2)3/h4-10,12-13,15H,1,11,14H2,2-3H3,(H,26,30). The van der Waals surface area contributed by atoms with Crippen LogP contribution in [0.25, 0.3) is 22.6 Å². The maximum atomic E-state index is 12.6. The molecule has 1 amide bonds. The lowest BCUT2D eigenvalue weighted by Crippen LogP contribution is -2.16. The number of carbonyl (C=O) groups excluding carboxylic acids is 1. The molecular weight excluding hydrogens is 488 g/mol. The number of hydrogen-bond donors (Lipinski definition) is 1. The number of aromatic nitrogens is 3. The van der Waals surface area contributed by atoms with Gasteiger partial charge < -0.3 is 9.73 Å². The summed E-state index contributed by atoms with van der Waals surface area (Å²) in [5, 5.41) is 13.3. The van der Waals surface area contributed by atoms with Crippen molar-refractivity contribution in [3.63, 3.8) is 0 Å². The molecule has 0 aliphatic rings. The number of nitrogens with zero attached hydrogens (tertiary/aromatic N) is 3. The molecule has 1 N–H and O–H groups in total. The van der Waals surface area contributed by atoms with Gasteiger partial charge in [-0.3, -0.25) is 9.36 Å². The Morgan fingerprint density at radius 3 is 2.84 bits per heavy atom. The lowest BCUT2D eigenvalue weighted by molar-refractivity contribution is -0.113. The first kappa shape index (κ1) is 22.4. The van der Waals surface area contributed by atoms with E-state index in [1.165, 1.54) is 11.8 Å². The van der Waals surface area contributed by atoms with Crippen molar-refractivity contribution in [1.82, 2.24) is 14.8 Å². The smallest absolute Gasteiger partial charge is 0.234 e. The zero-order valence-electron chi connectivity index (χ0n) is 17.8. The first-order chi connectivity index (χ1) is 15.5. The number of rotatable bonds is 8. The van der Waals surface area contributed by atoms with Gasteiger partial charge in [0.2, 0.25) is 11.7 Å². The molecule has 2 aromatic carbocycles. The first-order valence-corrected chi connectivity index (χ1v) is 12.0. The highest BCUT2D eigenvalue weighted by molar-refractivity contribution is 9.10. The lowest BCUT2D eigenvalue weighted by atomic mass is 10.0. The summed E-state index contributed by atoms with van der Waals surface area (Å²) in [7, 11) is 0. The largest absolute Gasteiger partial charge is 0.453 e. The Hall–Kier alpha value is -2.84. The molecule has 4 aromatic rings. The van der Waals surface area contributed by atoms with Gasteiger partial charge in [0.25, 0.3) is 0 Å². The maximum Gasteiger partial charge on any atom is 0.234 e. The summed E-state index contributed by atoms with van der Waals surface area (Å²) in [5.41, 5.74) is 2.73. The van der Waals surface area contributed by atoms with Crippen LogP contribution in [0.5, 0.6) is 0 Å². The van der Waals surface area contributed by atoms with E-state index in [-0.39, 0.29) is 11.7 Å². The predicted molar refractivity (Wildman–Crippen MR) is 133 cm³/mol. The molecule has 0 spiro atoms. The molecule has 0 aliphatic heterocycles. The lowest BCUT2D eigenvalue weighted by Gasteiger charge is -2.13. The Balaban J connectivity index is 1.52. The molecule has 0 bridgehead atoms. The fourth-order valence-electron chi connectivity index (χ4n) is 3.43. The number of nitrogens with one attached hydrogen (secondary N) is 1. The van der Waals surface area contributed by atoms with Crippen molar-refractivity contribution in [2.24, 2.45) is 0 Å². The molecule has 0 radical (unpaired) electrons. The fraction of sp³-hybridized carbons (Fsp3) is 0.208. The van der Waals surface area contributed by atoms with Crippen LogP contribution in [0.1, 0.15) is 25.3 Å². The average molecular weight is 511 g/mol. The van der Waals surface area contributed by atoms with Crippen LogP contribution in [0.3, 0.4) is 0 Å². The Morgan fingerprint density at radius 2 is 2.06 bits per heavy atom. The molecule has 0 atom stereocenters. The van der Waals surface area contributed by atoms with Crippen molar-refractivity contribution >= 4 is 50.3 Å². The van der Waals surface area contributed by atoms with Crippen LogP contribution in [0.15, 0.2) is 75.2 Å². The third-order valence-electron chi connectivity index (χ3n) is 4.92. The molecule has 2 aromatic heterocycles. The number of hydrogen-bond acceptors (Lipinski definition) is 5. The van der Waals surface area contributed by atoms with Gasteiger partial charge in [-0.25, -0.2) is 0 Å². The average Bonchev–Trinajstić information content (AvgIpc) is 3.36. The minimum atomic E-state index is -0.0913. The van der Waals surface area contributed by atoms with Gasteiger partial charge in [0, 0.05) is 22.1 Å². The van der Waals surface area contributed by atoms with Crippen molar-refractivity contribution in [2.75, 3.05) is 11.1 Å². The minimum Gasteiger partial charge on any atom is -0.453 e. The number of halogens is 1. The van der Waals surface area contributed by atoms with Gasteiger partial charge in [0.15, 0.2) is 10.9 Å². The van der Waals surface area contributed by atoms with E-state index in [1.54, 1.807) is 6.08 Å². The number of carbonyl (C=O) groups is 1. The number of fused-ring (bicyclic) bond motifs is 1. The summed E-state index contributed by atoms with van der Waals surface area (Å²) < 4.78 is 8.86. The molecule has 0 unspecified atom stereocenters. The summed E-state index contributed by atoms with van der Waals surface area (Å²) >= 11 is 4.82. The van der Waals surface area contributed by atoms with Crippen molar-refractivity contribution in [3.05, 3.63) is 71.2 Å². The number of allylic oxidation sites excluding steroid dienone is 1. The first-order valence-electron chi connectivity index (χ1n) is 10.2. The van der Waals surface area contributed by atoms with E-state index in [4.69, 9.17) is 4.42 Å². The van der Waals surface area contributed by atoms with Crippen molar-refractivity contribution in [3.8, 4) is 11.6 Å². The van der Waals surface area contributed by atoms with E-state index in [0.29, 0.717) is 29.2 Å². The topological polar surface area (TPSA) is 73.0 Å². The van der Waals surface area contributed by atoms with Gasteiger partial charge in [-0.05, 0) is 41.8 Å². The third kappa shape index (κ3) is 4.81. The normalized spacial score (nSPS) is 11.2. The molecule has 32 heavy (non-hydrogen) atoms. The van der Waals surface area contributed by atoms with Gasteiger partial charge in [-0.15, -0.1) is 16.8 Å². The van der Waals surface area contributed by atoms with Crippen LogP contribution in [0, 0.1) is 0 Å². The molecule has 0 aliphatic carbocycles. The van der Waals surface area contributed by atoms with E-state index in [0.717, 1.165) is 26.7 Å². The highest BCUT2D eigenvalue weighted by Gasteiger charge is 2.19. The number of thioether (sulfide) groups is 1. The van der Waals surface area contributed by atoms with Crippen LogP contribution < -0.4 is 5.32 Å². The number of benzene rings is 2. The zero-order chi connectivity index (χ0) is 22.7. The Kier molecular flexibility index (Phi) is 6.81. The third-order valence-corrected chi connectivity index (χ3v) is 6.38. The molecule has 4 rings (SSSR count). The van der Waals surface area contributed by atoms with Gasteiger partial charge in [-0.2, -0.15) is 0 Å². The SMILES string of the molecule is C=CCn1c(SCC(=O)Nc2ccccc2C(C)C)nnc1-c1cc2cc(Br)ccc2o1. The van der Waals surface area contributed by atoms with Crippen LogP contribution in [0.4, 0.5) is 5.69 Å². The molecule has 6 nitrogen and oxygen atoms in total. The van der Waals surface area contributed by atoms with Crippen LogP contribution in [-0.4, -0.2) is 26.4 Å². The number of para-hydroxylation sites is 1. The van der Waals surface area contributed by atoms with Gasteiger partial charge in [0.05, 0.1) is 5.75 Å². The second-order valence-electron chi connectivity index (χ2n) is 7.58. The number of furan rings is 1. The summed E-state index contributed by atoms with van der Waals surface area (Å²) in [5.74, 6) is 1.67. The van der Waals surface area contributed by atoms with E-state index in [2.05, 4.69) is 51.9 Å². The van der Waals surface area contributed by atoms with Gasteiger partial charge >= 0.3 is 0 Å². The van der Waals surface area contributed by atoms with Crippen LogP contribution >= 0.6 is 27.7 Å². The summed E-state index contributed by atoms with van der Waals surface area (Å²) in [6.45, 7) is 8.56. The van der Waals surface area contributed by atoms with Crippen LogP contribution in [0.2, 0.25) is 0 Å². The molecule has 0 saturated heterocycles. The molecule has 0 saturated carbocycles. The summed E-state index contributed by atoms with van der Waals surface area (Å²) in [6.07, 6.45) is 1.77. The predicted octanol–water partition coefficient (Wildman–Crippen LogP) is 6.49. The van der Waals surface area contributed by atoms with E-state index in [1.807, 2.05) is 53.1 Å². The van der Waals surface area contributed by atoms with Crippen molar-refractivity contribution < 1.29 is 9.21 Å². The summed E-state index contributed by atoms with van der Waals surface area (Å²) in [4.78, 5) is 12.6. The quantitative estimate of drug-likeness (QED) is 0.216. The second kappa shape index (κ2) is 9.75. The van der Waals surface area contributed by atoms with E-state index >= 15 is 0 Å². The second-order valence-corrected chi connectivity index (χ2v) is 9.44. The molecule has 164 valence electrons. The molecule has 8 heteroatoms. The van der Waals surface area contributed by atoms with Crippen molar-refractivity contribution in [2.45, 2.75) is 31.5 Å². The highest BCUT2D eigenvalue weighted by atomic mass is 79.9. The Bertz CT molecular complexity index is 1280. The zero-order valence-corrected chi connectivity index (χ0v) is 20.2. The van der Waals surface area contributed by atoms with Gasteiger partial charge in [0.1, 0.15) is 5.58 Å². The maximum absolute atomic E-state index is 12.6. The monoisotopic (exact) mass is 510 g/mol. The van der Waals surface area contributed by atoms with E-state index in [9.17, 15) is 4.79 Å². The summed E-state index contributed by atoms with van der Waals surface area (Å²) in [6, 6.07) is 15.6. The Morgan fingerprint density at radius 1 is 1.25 bits per heavy atom. The highest BCUT2D eigenvalue weighted by Crippen LogP contribution is 2.31. The number of amides is 1. The van der Waals surface area contributed by atoms with E-state index < -0.39 is 0 Å². The molecule has 2 heterocycles. The number of anilines is 1. The minimum absolute atomic E-state index is 0.0913. The molecule has 0 fully saturated rings. The van der Waals surface area contributed by atoms with Crippen molar-refractivity contribution in [1.29, 1.82) is 0 Å². The van der Waals surface area contributed by atoms with Crippen LogP contribution in [-0.2, 0) is 11.3 Å². The Labute approximate surface area is 199 Å².